The average molecular weight is 492 g/mol. The van der Waals surface area contributed by atoms with Crippen molar-refractivity contribution in [2.75, 3.05) is 30.9 Å². The molecule has 0 radical (unpaired) electrons. The van der Waals surface area contributed by atoms with Crippen LogP contribution in [-0.2, 0) is 16.6 Å². The van der Waals surface area contributed by atoms with E-state index in [4.69, 9.17) is 16.6 Å². The molecule has 4 rings (SSSR count). The van der Waals surface area contributed by atoms with E-state index >= 15 is 0 Å². The molecule has 1 aliphatic heterocycles. The predicted octanol–water partition coefficient (Wildman–Crippen LogP) is 3.26. The summed E-state index contributed by atoms with van der Waals surface area (Å²) in [5.41, 5.74) is 4.00. The molecular formula is C23H30ClN5O3S. The molecule has 178 valence electrons. The van der Waals surface area contributed by atoms with Gasteiger partial charge < -0.3 is 5.11 Å². The van der Waals surface area contributed by atoms with Gasteiger partial charge in [-0.05, 0) is 45.0 Å². The Morgan fingerprint density at radius 1 is 1.06 bits per heavy atom. The molecule has 0 amide bonds. The summed E-state index contributed by atoms with van der Waals surface area (Å²) in [7, 11) is -3.46. The lowest BCUT2D eigenvalue weighted by Crippen LogP contribution is -2.49. The third-order valence-electron chi connectivity index (χ3n) is 6.02. The van der Waals surface area contributed by atoms with Gasteiger partial charge in [-0.15, -0.1) is 0 Å². The van der Waals surface area contributed by atoms with E-state index in [-0.39, 0.29) is 0 Å². The van der Waals surface area contributed by atoms with Gasteiger partial charge in [-0.3, -0.25) is 18.9 Å². The fourth-order valence-electron chi connectivity index (χ4n) is 3.93. The molecule has 0 aliphatic carbocycles. The number of nitrogens with one attached hydrogen (secondary N) is 1. The number of fused-ring (bicyclic) bond motifs is 1. The molecule has 3 aromatic rings. The lowest BCUT2D eigenvalue weighted by Gasteiger charge is -2.36. The van der Waals surface area contributed by atoms with Crippen LogP contribution in [0.1, 0.15) is 26.5 Å². The van der Waals surface area contributed by atoms with Crippen molar-refractivity contribution in [1.82, 2.24) is 19.2 Å². The van der Waals surface area contributed by atoms with Crippen LogP contribution >= 0.6 is 11.6 Å². The normalized spacial score (nSPS) is 17.0. The molecule has 10 heteroatoms. The summed E-state index contributed by atoms with van der Waals surface area (Å²) in [4.78, 5) is 9.23. The maximum atomic E-state index is 12.4. The number of aromatic nitrogens is 2. The van der Waals surface area contributed by atoms with Crippen LogP contribution in [0.2, 0.25) is 5.02 Å². The molecule has 1 atom stereocenters. The summed E-state index contributed by atoms with van der Waals surface area (Å²) in [6.45, 7) is 8.93. The first-order valence-corrected chi connectivity index (χ1v) is 13.0. The van der Waals surface area contributed by atoms with Crippen molar-refractivity contribution in [2.45, 2.75) is 38.8 Å². The molecular weight excluding hydrogens is 462 g/mol. The van der Waals surface area contributed by atoms with Crippen molar-refractivity contribution in [3.05, 3.63) is 53.3 Å². The van der Waals surface area contributed by atoms with E-state index in [0.717, 1.165) is 48.8 Å². The summed E-state index contributed by atoms with van der Waals surface area (Å²) < 4.78 is 29.4. The Morgan fingerprint density at radius 2 is 1.73 bits per heavy atom. The molecule has 1 aromatic carbocycles. The molecule has 33 heavy (non-hydrogen) atoms. The maximum absolute atomic E-state index is 12.4. The molecule has 2 N–H and O–H groups in total. The first kappa shape index (κ1) is 24.0. The van der Waals surface area contributed by atoms with Crippen LogP contribution in [0.25, 0.3) is 16.9 Å². The predicted molar refractivity (Wildman–Crippen MR) is 132 cm³/mol. The molecule has 2 aromatic heterocycles. The quantitative estimate of drug-likeness (QED) is 0.527. The van der Waals surface area contributed by atoms with Gasteiger partial charge >= 0.3 is 0 Å². The van der Waals surface area contributed by atoms with E-state index in [1.54, 1.807) is 33.0 Å². The number of sulfonamides is 1. The average Bonchev–Trinajstić information content (AvgIpc) is 3.12. The Labute approximate surface area is 199 Å². The summed E-state index contributed by atoms with van der Waals surface area (Å²) in [6, 6.07) is 11.1. The number of imidazole rings is 1. The third kappa shape index (κ3) is 5.33. The van der Waals surface area contributed by atoms with Crippen LogP contribution in [0.5, 0.6) is 0 Å². The van der Waals surface area contributed by atoms with E-state index in [0.29, 0.717) is 17.3 Å². The number of aliphatic hydroxyl groups excluding tert-OH is 1. The second-order valence-electron chi connectivity index (χ2n) is 8.70. The molecule has 0 spiro atoms. The zero-order valence-electron chi connectivity index (χ0n) is 19.1. The fourth-order valence-corrected chi connectivity index (χ4v) is 4.74. The zero-order valence-corrected chi connectivity index (χ0v) is 20.6. The van der Waals surface area contributed by atoms with Crippen molar-refractivity contribution >= 4 is 33.0 Å². The van der Waals surface area contributed by atoms with Gasteiger partial charge in [-0.2, -0.15) is 0 Å². The fraction of sp³-hybridized carbons (Fsp3) is 0.435. The van der Waals surface area contributed by atoms with Gasteiger partial charge in [0.1, 0.15) is 11.9 Å². The number of piperazine rings is 1. The zero-order chi connectivity index (χ0) is 23.8. The number of rotatable bonds is 7. The van der Waals surface area contributed by atoms with E-state index in [1.807, 2.05) is 39.6 Å². The van der Waals surface area contributed by atoms with E-state index in [1.165, 1.54) is 0 Å². The van der Waals surface area contributed by atoms with Crippen molar-refractivity contribution in [3.8, 4) is 11.3 Å². The minimum atomic E-state index is -3.46. The molecule has 1 fully saturated rings. The van der Waals surface area contributed by atoms with Crippen molar-refractivity contribution in [2.24, 2.45) is 0 Å². The van der Waals surface area contributed by atoms with Crippen LogP contribution in [0.3, 0.4) is 0 Å². The van der Waals surface area contributed by atoms with Gasteiger partial charge in [0.15, 0.2) is 0 Å². The first-order chi connectivity index (χ1) is 15.6. The number of benzene rings is 1. The lowest BCUT2D eigenvalue weighted by atomic mass is 10.1. The molecule has 1 unspecified atom stereocenters. The number of halogens is 1. The number of pyridine rings is 1. The second kappa shape index (κ2) is 9.60. The van der Waals surface area contributed by atoms with Crippen molar-refractivity contribution in [3.63, 3.8) is 0 Å². The van der Waals surface area contributed by atoms with Gasteiger partial charge in [0, 0.05) is 49.5 Å². The van der Waals surface area contributed by atoms with Crippen LogP contribution in [0.15, 0.2) is 42.6 Å². The van der Waals surface area contributed by atoms with Gasteiger partial charge in [0.05, 0.1) is 22.3 Å². The Morgan fingerprint density at radius 3 is 2.33 bits per heavy atom. The molecule has 1 aliphatic rings. The van der Waals surface area contributed by atoms with Crippen molar-refractivity contribution in [1.29, 1.82) is 0 Å². The first-order valence-electron chi connectivity index (χ1n) is 11.1. The Hall–Kier alpha value is -2.17. The minimum Gasteiger partial charge on any atom is -0.379 e. The highest BCUT2D eigenvalue weighted by Crippen LogP contribution is 2.28. The van der Waals surface area contributed by atoms with Crippen LogP contribution < -0.4 is 4.72 Å². The van der Waals surface area contributed by atoms with E-state index in [9.17, 15) is 13.5 Å². The SMILES string of the molecule is CC(O)N1CCN(Cc2c(-c3ccc(Cl)cc3)nc3ccc(NS(=O)(=O)C(C)C)cn23)CC1. The van der Waals surface area contributed by atoms with Crippen LogP contribution in [0, 0.1) is 0 Å². The van der Waals surface area contributed by atoms with E-state index in [2.05, 4.69) is 9.62 Å². The molecule has 3 heterocycles. The van der Waals surface area contributed by atoms with E-state index < -0.39 is 21.5 Å². The number of hydrogen-bond donors (Lipinski definition) is 2. The third-order valence-corrected chi connectivity index (χ3v) is 8.04. The highest BCUT2D eigenvalue weighted by Gasteiger charge is 2.23. The number of nitrogens with zero attached hydrogens (tertiary/aromatic N) is 4. The summed E-state index contributed by atoms with van der Waals surface area (Å²) in [5.74, 6) is 0. The standard InChI is InChI=1S/C23H30ClN5O3S/c1-16(2)33(31,32)26-20-8-9-22-25-23(18-4-6-19(24)7-5-18)21(29(22)14-20)15-27-10-12-28(13-11-27)17(3)30/h4-9,14,16-17,26,30H,10-13,15H2,1-3H3. The van der Waals surface area contributed by atoms with Gasteiger partial charge in [-0.1, -0.05) is 23.7 Å². The largest absolute Gasteiger partial charge is 0.379 e. The number of hydrogen-bond acceptors (Lipinski definition) is 6. The lowest BCUT2D eigenvalue weighted by molar-refractivity contribution is -0.0143. The summed E-state index contributed by atoms with van der Waals surface area (Å²) in [6.07, 6.45) is 1.34. The topological polar surface area (TPSA) is 90.2 Å². The van der Waals surface area contributed by atoms with Gasteiger partial charge in [-0.25, -0.2) is 13.4 Å². The summed E-state index contributed by atoms with van der Waals surface area (Å²) >= 11 is 6.10. The Bertz CT molecular complexity index is 1220. The Kier molecular flexibility index (Phi) is 6.97. The highest BCUT2D eigenvalue weighted by atomic mass is 35.5. The van der Waals surface area contributed by atoms with Crippen LogP contribution in [0.4, 0.5) is 5.69 Å². The second-order valence-corrected chi connectivity index (χ2v) is 11.4. The molecule has 0 saturated carbocycles. The van der Waals surface area contributed by atoms with Gasteiger partial charge in [0.25, 0.3) is 0 Å². The Balaban J connectivity index is 1.72. The van der Waals surface area contributed by atoms with Crippen LogP contribution in [-0.4, -0.2) is 70.4 Å². The number of anilines is 1. The molecule has 8 nitrogen and oxygen atoms in total. The smallest absolute Gasteiger partial charge is 0.235 e. The number of aliphatic hydroxyl groups is 1. The molecule has 1 saturated heterocycles. The van der Waals surface area contributed by atoms with Crippen molar-refractivity contribution < 1.29 is 13.5 Å². The molecule has 0 bridgehead atoms. The monoisotopic (exact) mass is 491 g/mol. The highest BCUT2D eigenvalue weighted by molar-refractivity contribution is 7.93. The minimum absolute atomic E-state index is 0.455. The maximum Gasteiger partial charge on any atom is 0.235 e. The summed E-state index contributed by atoms with van der Waals surface area (Å²) in [5, 5.41) is 9.98. The van der Waals surface area contributed by atoms with Gasteiger partial charge in [0.2, 0.25) is 10.0 Å².